The van der Waals surface area contributed by atoms with Gasteiger partial charge in [0.2, 0.25) is 17.2 Å². The summed E-state index contributed by atoms with van der Waals surface area (Å²) < 4.78 is 23.8. The lowest BCUT2D eigenvalue weighted by Gasteiger charge is -2.44. The van der Waals surface area contributed by atoms with E-state index in [4.69, 9.17) is 18.6 Å². The molecule has 0 spiro atoms. The van der Waals surface area contributed by atoms with Crippen molar-refractivity contribution in [2.24, 2.45) is 0 Å². The monoisotopic (exact) mass is 398 g/mol. The first-order valence-corrected chi connectivity index (χ1v) is 15.4. The van der Waals surface area contributed by atoms with Crippen LogP contribution in [0.15, 0.2) is 0 Å². The molecule has 0 radical (unpaired) electrons. The maximum Gasteiger partial charge on any atom is 0.253 e. The molecule has 0 amide bonds. The molecule has 0 saturated carbocycles. The van der Waals surface area contributed by atoms with Gasteiger partial charge in [-0.15, -0.1) is 0 Å². The lowest BCUT2D eigenvalue weighted by atomic mass is 10.1. The van der Waals surface area contributed by atoms with E-state index in [2.05, 4.69) is 39.7 Å². The summed E-state index contributed by atoms with van der Waals surface area (Å²) in [6.07, 6.45) is 0. The number of fused-ring (bicyclic) bond motifs is 1. The van der Waals surface area contributed by atoms with Gasteiger partial charge in [-0.05, 0) is 33.9 Å². The van der Waals surface area contributed by atoms with Gasteiger partial charge in [0.05, 0.1) is 22.3 Å². The van der Waals surface area contributed by atoms with Gasteiger partial charge < -0.3 is 23.7 Å². The second-order valence-corrected chi connectivity index (χ2v) is 19.9. The van der Waals surface area contributed by atoms with Crippen LogP contribution in [0.4, 0.5) is 0 Å². The molecule has 1 aromatic rings. The SMILES string of the molecule is COc1c(O)c(OC(C)(C)C)c2c(c1OC)O[Si](C)(C)C2(C)[Si](C)(C)C. The molecule has 1 aliphatic heterocycles. The van der Waals surface area contributed by atoms with Crippen LogP contribution in [0.3, 0.4) is 0 Å². The van der Waals surface area contributed by atoms with E-state index in [0.717, 1.165) is 5.56 Å². The van der Waals surface area contributed by atoms with Gasteiger partial charge in [-0.3, -0.25) is 0 Å². The van der Waals surface area contributed by atoms with Crippen LogP contribution in [-0.2, 0) is 4.66 Å². The first-order chi connectivity index (χ1) is 11.6. The molecule has 1 atom stereocenters. The minimum absolute atomic E-state index is 0.0159. The molecule has 1 aromatic carbocycles. The molecule has 0 aliphatic carbocycles. The molecule has 26 heavy (non-hydrogen) atoms. The Hall–Kier alpha value is -1.35. The molecular formula is C19H34O5Si2. The number of phenols is 1. The number of hydrogen-bond donors (Lipinski definition) is 1. The van der Waals surface area contributed by atoms with E-state index in [1.807, 2.05) is 20.8 Å². The van der Waals surface area contributed by atoms with Crippen LogP contribution in [0.1, 0.15) is 33.3 Å². The van der Waals surface area contributed by atoms with E-state index in [-0.39, 0.29) is 16.2 Å². The van der Waals surface area contributed by atoms with E-state index < -0.39 is 22.0 Å². The number of aromatic hydroxyl groups is 1. The number of phenolic OH excluding ortho intramolecular Hbond substituents is 1. The predicted octanol–water partition coefficient (Wildman–Crippen LogP) is 4.86. The summed E-state index contributed by atoms with van der Waals surface area (Å²) in [6, 6.07) is 0. The predicted molar refractivity (Wildman–Crippen MR) is 110 cm³/mol. The molecule has 148 valence electrons. The maximum absolute atomic E-state index is 11.0. The van der Waals surface area contributed by atoms with Crippen LogP contribution in [0.2, 0.25) is 32.7 Å². The number of ether oxygens (including phenoxy) is 3. The molecule has 1 heterocycles. The van der Waals surface area contributed by atoms with Gasteiger partial charge in [0.15, 0.2) is 11.5 Å². The Balaban J connectivity index is 3.00. The summed E-state index contributed by atoms with van der Waals surface area (Å²) in [5.41, 5.74) is 0.470. The highest BCUT2D eigenvalue weighted by atomic mass is 28.4. The summed E-state index contributed by atoms with van der Waals surface area (Å²) >= 11 is 0. The van der Waals surface area contributed by atoms with Gasteiger partial charge in [-0.2, -0.15) is 0 Å². The Bertz CT molecular complexity index is 716. The average molecular weight is 399 g/mol. The van der Waals surface area contributed by atoms with Crippen molar-refractivity contribution < 1.29 is 23.7 Å². The van der Waals surface area contributed by atoms with Crippen molar-refractivity contribution in [2.45, 2.75) is 70.7 Å². The van der Waals surface area contributed by atoms with Crippen molar-refractivity contribution in [2.75, 3.05) is 14.2 Å². The molecule has 0 saturated heterocycles. The molecule has 1 N–H and O–H groups in total. The van der Waals surface area contributed by atoms with Gasteiger partial charge >= 0.3 is 0 Å². The third-order valence-corrected chi connectivity index (χ3v) is 16.4. The smallest absolute Gasteiger partial charge is 0.253 e. The van der Waals surface area contributed by atoms with Crippen molar-refractivity contribution in [3.63, 3.8) is 0 Å². The highest BCUT2D eigenvalue weighted by Gasteiger charge is 2.63. The second kappa shape index (κ2) is 6.09. The molecule has 0 bridgehead atoms. The van der Waals surface area contributed by atoms with Gasteiger partial charge in [0.1, 0.15) is 5.60 Å². The number of hydrogen-bond acceptors (Lipinski definition) is 5. The fourth-order valence-corrected chi connectivity index (χ4v) is 14.0. The molecule has 0 fully saturated rings. The van der Waals surface area contributed by atoms with Gasteiger partial charge in [-0.1, -0.05) is 26.6 Å². The maximum atomic E-state index is 11.0. The Morgan fingerprint density at radius 1 is 1.00 bits per heavy atom. The summed E-state index contributed by atoms with van der Waals surface area (Å²) in [5, 5.41) is 11.0. The quantitative estimate of drug-likeness (QED) is 0.734. The normalized spacial score (nSPS) is 21.8. The summed E-state index contributed by atoms with van der Waals surface area (Å²) in [4.78, 5) is 0. The van der Waals surface area contributed by atoms with Crippen molar-refractivity contribution in [3.8, 4) is 28.7 Å². The Morgan fingerprint density at radius 3 is 1.88 bits per heavy atom. The van der Waals surface area contributed by atoms with Gasteiger partial charge in [-0.25, -0.2) is 0 Å². The van der Waals surface area contributed by atoms with E-state index in [9.17, 15) is 5.11 Å². The van der Waals surface area contributed by atoms with E-state index in [1.54, 1.807) is 7.11 Å². The summed E-state index contributed by atoms with van der Waals surface area (Å²) in [5.74, 6) is 1.83. The third-order valence-electron chi connectivity index (χ3n) is 5.67. The zero-order valence-corrected chi connectivity index (χ0v) is 20.1. The summed E-state index contributed by atoms with van der Waals surface area (Å²) in [7, 11) is -0.903. The third kappa shape index (κ3) is 2.89. The first-order valence-electron chi connectivity index (χ1n) is 9.01. The van der Waals surface area contributed by atoms with Crippen LogP contribution in [0.5, 0.6) is 28.7 Å². The fraction of sp³-hybridized carbons (Fsp3) is 0.684. The van der Waals surface area contributed by atoms with Crippen molar-refractivity contribution in [3.05, 3.63) is 5.56 Å². The van der Waals surface area contributed by atoms with Gasteiger partial charge in [0.25, 0.3) is 8.32 Å². The first kappa shape index (κ1) is 21.0. The van der Waals surface area contributed by atoms with Crippen molar-refractivity contribution in [1.82, 2.24) is 0 Å². The minimum atomic E-state index is -2.21. The highest BCUT2D eigenvalue weighted by Crippen LogP contribution is 2.64. The molecular weight excluding hydrogens is 364 g/mol. The lowest BCUT2D eigenvalue weighted by Crippen LogP contribution is -2.62. The Morgan fingerprint density at radius 2 is 1.50 bits per heavy atom. The molecule has 1 aliphatic rings. The topological polar surface area (TPSA) is 57.2 Å². The van der Waals surface area contributed by atoms with E-state index in [1.165, 1.54) is 7.11 Å². The molecule has 5 nitrogen and oxygen atoms in total. The van der Waals surface area contributed by atoms with Gasteiger partial charge in [0, 0.05) is 10.2 Å². The molecule has 7 heteroatoms. The molecule has 2 rings (SSSR count). The number of benzene rings is 1. The van der Waals surface area contributed by atoms with Crippen molar-refractivity contribution in [1.29, 1.82) is 0 Å². The Kier molecular flexibility index (Phi) is 4.91. The number of methoxy groups -OCH3 is 2. The summed E-state index contributed by atoms with van der Waals surface area (Å²) in [6.45, 7) is 19.7. The van der Waals surface area contributed by atoms with Crippen LogP contribution >= 0.6 is 0 Å². The lowest BCUT2D eigenvalue weighted by molar-refractivity contribution is 0.122. The fourth-order valence-electron chi connectivity index (χ4n) is 3.92. The van der Waals surface area contributed by atoms with Crippen LogP contribution in [0.25, 0.3) is 0 Å². The average Bonchev–Trinajstić information content (AvgIpc) is 2.68. The molecule has 1 unspecified atom stereocenters. The van der Waals surface area contributed by atoms with E-state index >= 15 is 0 Å². The van der Waals surface area contributed by atoms with Crippen LogP contribution in [-0.4, -0.2) is 41.3 Å². The zero-order chi connectivity index (χ0) is 20.3. The minimum Gasteiger partial charge on any atom is -0.541 e. The van der Waals surface area contributed by atoms with E-state index in [0.29, 0.717) is 17.2 Å². The standard InChI is InChI=1S/C19H34O5Si2/c1-18(2,3)23-14-12-15(17(22-6)16(21-5)13(14)20)24-26(10,11)19(12,4)25(7,8)9/h20H,1-11H3. The van der Waals surface area contributed by atoms with Crippen LogP contribution in [0, 0.1) is 0 Å². The Labute approximate surface area is 159 Å². The van der Waals surface area contributed by atoms with Crippen molar-refractivity contribution >= 4 is 16.4 Å². The second-order valence-electron chi connectivity index (χ2n) is 9.65. The number of rotatable bonds is 4. The zero-order valence-electron chi connectivity index (χ0n) is 18.1. The largest absolute Gasteiger partial charge is 0.541 e. The van der Waals surface area contributed by atoms with Crippen LogP contribution < -0.4 is 18.6 Å². The molecule has 0 aromatic heterocycles. The highest BCUT2D eigenvalue weighted by molar-refractivity contribution is 6.97.